The van der Waals surface area contributed by atoms with Crippen molar-refractivity contribution in [1.82, 2.24) is 0 Å². The van der Waals surface area contributed by atoms with Gasteiger partial charge in [0, 0.05) is 18.7 Å². The summed E-state index contributed by atoms with van der Waals surface area (Å²) < 4.78 is 40.6. The van der Waals surface area contributed by atoms with Gasteiger partial charge in [-0.1, -0.05) is 17.7 Å². The average molecular weight is 383 g/mol. The van der Waals surface area contributed by atoms with Gasteiger partial charge in [-0.3, -0.25) is 9.52 Å². The molecule has 3 rings (SSSR count). The predicted molar refractivity (Wildman–Crippen MR) is 95.0 cm³/mol. The molecule has 1 aliphatic heterocycles. The third-order valence-corrected chi connectivity index (χ3v) is 5.70. The van der Waals surface area contributed by atoms with E-state index in [4.69, 9.17) is 11.6 Å². The Morgan fingerprint density at radius 3 is 2.60 bits per heavy atom. The molecule has 0 aliphatic carbocycles. The molecule has 132 valence electrons. The number of aryl methyl sites for hydroxylation is 1. The largest absolute Gasteiger partial charge is 0.312 e. The lowest BCUT2D eigenvalue weighted by atomic mass is 10.1. The van der Waals surface area contributed by atoms with Gasteiger partial charge in [0.05, 0.1) is 15.6 Å². The van der Waals surface area contributed by atoms with Crippen molar-refractivity contribution in [1.29, 1.82) is 0 Å². The van der Waals surface area contributed by atoms with Gasteiger partial charge in [0.1, 0.15) is 5.82 Å². The summed E-state index contributed by atoms with van der Waals surface area (Å²) in [7, 11) is -3.92. The molecule has 5 nitrogen and oxygen atoms in total. The van der Waals surface area contributed by atoms with E-state index >= 15 is 0 Å². The lowest BCUT2D eigenvalue weighted by Crippen LogP contribution is -2.24. The lowest BCUT2D eigenvalue weighted by Gasteiger charge is -2.19. The summed E-state index contributed by atoms with van der Waals surface area (Å²) in [5.41, 5.74) is 1.88. The van der Waals surface area contributed by atoms with E-state index < -0.39 is 15.8 Å². The van der Waals surface area contributed by atoms with E-state index in [9.17, 15) is 17.6 Å². The maximum atomic E-state index is 13.2. The molecule has 0 saturated carbocycles. The van der Waals surface area contributed by atoms with E-state index in [-0.39, 0.29) is 15.8 Å². The number of benzene rings is 2. The molecule has 1 heterocycles. The number of halogens is 2. The highest BCUT2D eigenvalue weighted by Crippen LogP contribution is 2.29. The van der Waals surface area contributed by atoms with E-state index in [1.165, 1.54) is 0 Å². The third kappa shape index (κ3) is 3.62. The number of hydrogen-bond donors (Lipinski definition) is 1. The van der Waals surface area contributed by atoms with Gasteiger partial charge in [0.25, 0.3) is 10.0 Å². The Kier molecular flexibility index (Phi) is 4.71. The van der Waals surface area contributed by atoms with Crippen molar-refractivity contribution >= 4 is 38.9 Å². The minimum Gasteiger partial charge on any atom is -0.312 e. The Bertz CT molecular complexity index is 947. The van der Waals surface area contributed by atoms with Crippen LogP contribution in [0.5, 0.6) is 0 Å². The van der Waals surface area contributed by atoms with Gasteiger partial charge >= 0.3 is 0 Å². The first-order valence-electron chi connectivity index (χ1n) is 7.67. The number of amides is 1. The third-order valence-electron chi connectivity index (χ3n) is 4.03. The molecule has 25 heavy (non-hydrogen) atoms. The molecule has 0 bridgehead atoms. The SMILES string of the molecule is Cc1ccc(NS(=O)(=O)c2ccc(F)c(Cl)c2)cc1N1CCCC1=O. The molecule has 1 saturated heterocycles. The zero-order valence-electron chi connectivity index (χ0n) is 13.4. The van der Waals surface area contributed by atoms with Crippen molar-refractivity contribution in [3.63, 3.8) is 0 Å². The highest BCUT2D eigenvalue weighted by atomic mass is 35.5. The van der Waals surface area contributed by atoms with Crippen molar-refractivity contribution in [3.05, 3.63) is 52.8 Å². The van der Waals surface area contributed by atoms with E-state index in [1.54, 1.807) is 23.1 Å². The summed E-state index contributed by atoms with van der Waals surface area (Å²) in [6.07, 6.45) is 1.27. The molecule has 0 unspecified atom stereocenters. The molecular formula is C17H16ClFN2O3S. The number of carbonyl (C=O) groups is 1. The van der Waals surface area contributed by atoms with Crippen LogP contribution in [0.1, 0.15) is 18.4 Å². The van der Waals surface area contributed by atoms with Crippen molar-refractivity contribution < 1.29 is 17.6 Å². The van der Waals surface area contributed by atoms with Crippen LogP contribution in [0.15, 0.2) is 41.3 Å². The zero-order chi connectivity index (χ0) is 18.2. The Labute approximate surface area is 150 Å². The second kappa shape index (κ2) is 6.65. The van der Waals surface area contributed by atoms with E-state index in [2.05, 4.69) is 4.72 Å². The molecule has 8 heteroatoms. The van der Waals surface area contributed by atoms with Gasteiger partial charge in [-0.2, -0.15) is 0 Å². The van der Waals surface area contributed by atoms with Crippen molar-refractivity contribution in [2.75, 3.05) is 16.2 Å². The second-order valence-corrected chi connectivity index (χ2v) is 7.92. The van der Waals surface area contributed by atoms with Crippen LogP contribution in [-0.2, 0) is 14.8 Å². The minimum absolute atomic E-state index is 0.0217. The highest BCUT2D eigenvalue weighted by Gasteiger charge is 2.24. The Morgan fingerprint density at radius 1 is 1.20 bits per heavy atom. The van der Waals surface area contributed by atoms with E-state index in [0.717, 1.165) is 30.2 Å². The van der Waals surface area contributed by atoms with Crippen LogP contribution in [0.2, 0.25) is 5.02 Å². The molecule has 0 radical (unpaired) electrons. The summed E-state index contributed by atoms with van der Waals surface area (Å²) in [6.45, 7) is 2.47. The van der Waals surface area contributed by atoms with Crippen LogP contribution in [0.3, 0.4) is 0 Å². The van der Waals surface area contributed by atoms with Gasteiger partial charge in [-0.25, -0.2) is 12.8 Å². The Balaban J connectivity index is 1.92. The van der Waals surface area contributed by atoms with Crippen LogP contribution < -0.4 is 9.62 Å². The standard InChI is InChI=1S/C17H16ClFN2O3S/c1-11-4-5-12(9-16(11)21-8-2-3-17(21)22)20-25(23,24)13-6-7-15(19)14(18)10-13/h4-7,9-10,20H,2-3,8H2,1H3. The number of sulfonamides is 1. The molecule has 1 fully saturated rings. The van der Waals surface area contributed by atoms with Gasteiger partial charge in [0.2, 0.25) is 5.91 Å². The summed E-state index contributed by atoms with van der Waals surface area (Å²) in [5, 5.41) is -0.268. The minimum atomic E-state index is -3.92. The molecule has 1 amide bonds. The quantitative estimate of drug-likeness (QED) is 0.876. The highest BCUT2D eigenvalue weighted by molar-refractivity contribution is 7.92. The fraction of sp³-hybridized carbons (Fsp3) is 0.235. The van der Waals surface area contributed by atoms with E-state index in [0.29, 0.717) is 24.3 Å². The van der Waals surface area contributed by atoms with Gasteiger partial charge in [0.15, 0.2) is 0 Å². The molecular weight excluding hydrogens is 367 g/mol. The van der Waals surface area contributed by atoms with Crippen LogP contribution in [0.4, 0.5) is 15.8 Å². The topological polar surface area (TPSA) is 66.5 Å². The van der Waals surface area contributed by atoms with Gasteiger partial charge < -0.3 is 4.90 Å². The van der Waals surface area contributed by atoms with E-state index in [1.807, 2.05) is 6.92 Å². The number of rotatable bonds is 4. The Hall–Kier alpha value is -2.12. The smallest absolute Gasteiger partial charge is 0.261 e. The first-order chi connectivity index (χ1) is 11.8. The summed E-state index contributed by atoms with van der Waals surface area (Å²) in [4.78, 5) is 13.5. The summed E-state index contributed by atoms with van der Waals surface area (Å²) >= 11 is 5.66. The maximum Gasteiger partial charge on any atom is 0.261 e. The van der Waals surface area contributed by atoms with Crippen molar-refractivity contribution in [3.8, 4) is 0 Å². The first kappa shape index (κ1) is 17.7. The number of nitrogens with one attached hydrogen (secondary N) is 1. The fourth-order valence-corrected chi connectivity index (χ4v) is 4.05. The summed E-state index contributed by atoms with van der Waals surface area (Å²) in [6, 6.07) is 8.18. The number of anilines is 2. The van der Waals surface area contributed by atoms with Crippen LogP contribution >= 0.6 is 11.6 Å². The number of nitrogens with zero attached hydrogens (tertiary/aromatic N) is 1. The molecule has 2 aromatic carbocycles. The van der Waals surface area contributed by atoms with Gasteiger partial charge in [-0.15, -0.1) is 0 Å². The van der Waals surface area contributed by atoms with Crippen LogP contribution in [-0.4, -0.2) is 20.9 Å². The molecule has 0 spiro atoms. The molecule has 1 aliphatic rings. The first-order valence-corrected chi connectivity index (χ1v) is 9.53. The second-order valence-electron chi connectivity index (χ2n) is 5.83. The molecule has 0 atom stereocenters. The molecule has 2 aromatic rings. The lowest BCUT2D eigenvalue weighted by molar-refractivity contribution is -0.117. The van der Waals surface area contributed by atoms with Crippen LogP contribution in [0.25, 0.3) is 0 Å². The normalized spacial score (nSPS) is 14.8. The number of carbonyl (C=O) groups excluding carboxylic acids is 1. The monoisotopic (exact) mass is 382 g/mol. The van der Waals surface area contributed by atoms with Gasteiger partial charge in [-0.05, 0) is 49.2 Å². The average Bonchev–Trinajstić information content (AvgIpc) is 2.97. The number of hydrogen-bond acceptors (Lipinski definition) is 3. The maximum absolute atomic E-state index is 13.2. The zero-order valence-corrected chi connectivity index (χ0v) is 15.0. The fourth-order valence-electron chi connectivity index (χ4n) is 2.72. The summed E-state index contributed by atoms with van der Waals surface area (Å²) in [5.74, 6) is -0.667. The van der Waals surface area contributed by atoms with Crippen molar-refractivity contribution in [2.24, 2.45) is 0 Å². The molecule has 1 N–H and O–H groups in total. The Morgan fingerprint density at radius 2 is 1.96 bits per heavy atom. The van der Waals surface area contributed by atoms with Crippen molar-refractivity contribution in [2.45, 2.75) is 24.7 Å². The predicted octanol–water partition coefficient (Wildman–Crippen LogP) is 3.72. The van der Waals surface area contributed by atoms with Crippen LogP contribution in [0, 0.1) is 12.7 Å². The molecule has 0 aromatic heterocycles.